The van der Waals surface area contributed by atoms with Crippen LogP contribution in [0.5, 0.6) is 0 Å². The van der Waals surface area contributed by atoms with Crippen LogP contribution in [-0.2, 0) is 14.8 Å². The van der Waals surface area contributed by atoms with E-state index in [1.807, 2.05) is 26.0 Å². The molecule has 1 N–H and O–H groups in total. The highest BCUT2D eigenvalue weighted by molar-refractivity contribution is 7.92. The van der Waals surface area contributed by atoms with Gasteiger partial charge in [-0.05, 0) is 49.7 Å². The maximum absolute atomic E-state index is 13.3. The Morgan fingerprint density at radius 2 is 1.62 bits per heavy atom. The molecule has 0 saturated carbocycles. The first-order valence-electron chi connectivity index (χ1n) is 8.98. The largest absolute Gasteiger partial charge is 0.324 e. The second-order valence-electron chi connectivity index (χ2n) is 6.64. The molecule has 0 aliphatic rings. The third kappa shape index (κ3) is 4.78. The average Bonchev–Trinajstić information content (AvgIpc) is 2.69. The van der Waals surface area contributed by atoms with Crippen molar-refractivity contribution in [3.05, 3.63) is 88.9 Å². The van der Waals surface area contributed by atoms with Crippen molar-refractivity contribution in [2.24, 2.45) is 0 Å². The normalized spacial score (nSPS) is 11.1. The van der Waals surface area contributed by atoms with Crippen molar-refractivity contribution in [1.82, 2.24) is 0 Å². The summed E-state index contributed by atoms with van der Waals surface area (Å²) in [6, 6.07) is 20.1. The van der Waals surface area contributed by atoms with Crippen LogP contribution < -0.4 is 9.62 Å². The smallest absolute Gasteiger partial charge is 0.264 e. The Hall–Kier alpha value is -2.83. The Bertz CT molecular complexity index is 1130. The predicted octanol–water partition coefficient (Wildman–Crippen LogP) is 4.79. The molecule has 0 saturated heterocycles. The molecule has 0 bridgehead atoms. The third-order valence-corrected chi connectivity index (χ3v) is 6.49. The zero-order valence-corrected chi connectivity index (χ0v) is 17.7. The van der Waals surface area contributed by atoms with E-state index in [1.165, 1.54) is 12.1 Å². The summed E-state index contributed by atoms with van der Waals surface area (Å²) >= 11 is 6.26. The van der Waals surface area contributed by atoms with Crippen LogP contribution in [0.2, 0.25) is 5.02 Å². The van der Waals surface area contributed by atoms with Gasteiger partial charge in [0.2, 0.25) is 5.91 Å². The molecule has 0 radical (unpaired) electrons. The van der Waals surface area contributed by atoms with Gasteiger partial charge in [0.05, 0.1) is 15.6 Å². The quantitative estimate of drug-likeness (QED) is 0.613. The molecule has 0 spiro atoms. The highest BCUT2D eigenvalue weighted by atomic mass is 35.5. The molecular weight excluding hydrogens is 408 g/mol. The second kappa shape index (κ2) is 8.68. The molecule has 3 aromatic carbocycles. The molecule has 0 aliphatic carbocycles. The Morgan fingerprint density at radius 3 is 2.28 bits per heavy atom. The van der Waals surface area contributed by atoms with Gasteiger partial charge in [-0.2, -0.15) is 0 Å². The summed E-state index contributed by atoms with van der Waals surface area (Å²) in [6.07, 6.45) is 0. The summed E-state index contributed by atoms with van der Waals surface area (Å²) in [7, 11) is -3.99. The Morgan fingerprint density at radius 1 is 0.966 bits per heavy atom. The molecule has 3 aromatic rings. The number of hydrogen-bond acceptors (Lipinski definition) is 3. The fourth-order valence-electron chi connectivity index (χ4n) is 2.95. The molecule has 3 rings (SSSR count). The number of carbonyl (C=O) groups excluding carboxylic acids is 1. The molecule has 0 unspecified atom stereocenters. The molecule has 5 nitrogen and oxygen atoms in total. The first-order chi connectivity index (χ1) is 13.8. The van der Waals surface area contributed by atoms with Gasteiger partial charge in [-0.1, -0.05) is 59.6 Å². The number of benzene rings is 3. The van der Waals surface area contributed by atoms with E-state index in [2.05, 4.69) is 5.32 Å². The van der Waals surface area contributed by atoms with Crippen LogP contribution >= 0.6 is 11.6 Å². The van der Waals surface area contributed by atoms with Gasteiger partial charge in [0.1, 0.15) is 6.54 Å². The Balaban J connectivity index is 1.96. The van der Waals surface area contributed by atoms with Crippen LogP contribution in [0.15, 0.2) is 77.7 Å². The predicted molar refractivity (Wildman–Crippen MR) is 117 cm³/mol. The van der Waals surface area contributed by atoms with E-state index in [1.54, 1.807) is 48.5 Å². The zero-order chi connectivity index (χ0) is 21.0. The lowest BCUT2D eigenvalue weighted by molar-refractivity contribution is -0.114. The summed E-state index contributed by atoms with van der Waals surface area (Å²) < 4.78 is 27.6. The number of amides is 1. The highest BCUT2D eigenvalue weighted by Gasteiger charge is 2.28. The van der Waals surface area contributed by atoms with Crippen molar-refractivity contribution in [1.29, 1.82) is 0 Å². The van der Waals surface area contributed by atoms with Gasteiger partial charge in [0.25, 0.3) is 10.0 Å². The minimum atomic E-state index is -3.99. The summed E-state index contributed by atoms with van der Waals surface area (Å²) in [5, 5.41) is 3.03. The molecular formula is C22H21ClN2O3S. The molecule has 150 valence electrons. The van der Waals surface area contributed by atoms with E-state index < -0.39 is 22.5 Å². The standard InChI is InChI=1S/C22H21ClN2O3S/c1-16-12-13-20(17(2)14-16)24-22(26)15-25(21-11-7-6-10-19(21)23)29(27,28)18-8-4-3-5-9-18/h3-14H,15H2,1-2H3,(H,24,26). The van der Waals surface area contributed by atoms with E-state index in [-0.39, 0.29) is 15.6 Å². The van der Waals surface area contributed by atoms with Crippen molar-refractivity contribution in [2.75, 3.05) is 16.2 Å². The molecule has 0 fully saturated rings. The lowest BCUT2D eigenvalue weighted by Crippen LogP contribution is -2.38. The average molecular weight is 429 g/mol. The number of rotatable bonds is 6. The van der Waals surface area contributed by atoms with Crippen molar-refractivity contribution >= 4 is 38.9 Å². The summed E-state index contributed by atoms with van der Waals surface area (Å²) in [6.45, 7) is 3.44. The molecule has 0 aliphatic heterocycles. The topological polar surface area (TPSA) is 66.5 Å². The van der Waals surface area contributed by atoms with Gasteiger partial charge in [0, 0.05) is 5.69 Å². The van der Waals surface area contributed by atoms with E-state index in [0.717, 1.165) is 15.4 Å². The number of para-hydroxylation sites is 1. The SMILES string of the molecule is Cc1ccc(NC(=O)CN(c2ccccc2Cl)S(=O)(=O)c2ccccc2)c(C)c1. The van der Waals surface area contributed by atoms with Crippen LogP contribution in [0.4, 0.5) is 11.4 Å². The van der Waals surface area contributed by atoms with Crippen LogP contribution in [0.25, 0.3) is 0 Å². The summed E-state index contributed by atoms with van der Waals surface area (Å²) in [5.74, 6) is -0.462. The lowest BCUT2D eigenvalue weighted by Gasteiger charge is -2.25. The van der Waals surface area contributed by atoms with Crippen LogP contribution in [0, 0.1) is 13.8 Å². The molecule has 0 aromatic heterocycles. The van der Waals surface area contributed by atoms with E-state index >= 15 is 0 Å². The zero-order valence-electron chi connectivity index (χ0n) is 16.1. The maximum atomic E-state index is 13.3. The number of sulfonamides is 1. The van der Waals surface area contributed by atoms with Crippen LogP contribution in [0.1, 0.15) is 11.1 Å². The number of aryl methyl sites for hydroxylation is 2. The van der Waals surface area contributed by atoms with Gasteiger partial charge in [-0.15, -0.1) is 0 Å². The molecule has 0 atom stereocenters. The van der Waals surface area contributed by atoms with E-state index in [4.69, 9.17) is 11.6 Å². The summed E-state index contributed by atoms with van der Waals surface area (Å²) in [5.41, 5.74) is 2.85. The van der Waals surface area contributed by atoms with Gasteiger partial charge in [-0.25, -0.2) is 8.42 Å². The minimum absolute atomic E-state index is 0.0826. The van der Waals surface area contributed by atoms with E-state index in [0.29, 0.717) is 5.69 Å². The number of carbonyl (C=O) groups is 1. The minimum Gasteiger partial charge on any atom is -0.324 e. The molecule has 0 heterocycles. The Kier molecular flexibility index (Phi) is 6.25. The summed E-state index contributed by atoms with van der Waals surface area (Å²) in [4.78, 5) is 12.8. The van der Waals surface area contributed by atoms with Gasteiger partial charge >= 0.3 is 0 Å². The first kappa shape index (κ1) is 20.9. The monoisotopic (exact) mass is 428 g/mol. The van der Waals surface area contributed by atoms with E-state index in [9.17, 15) is 13.2 Å². The maximum Gasteiger partial charge on any atom is 0.264 e. The highest BCUT2D eigenvalue weighted by Crippen LogP contribution is 2.30. The molecule has 7 heteroatoms. The fraction of sp³-hybridized carbons (Fsp3) is 0.136. The van der Waals surface area contributed by atoms with Gasteiger partial charge in [-0.3, -0.25) is 9.10 Å². The Labute approximate surface area is 176 Å². The number of nitrogens with zero attached hydrogens (tertiary/aromatic N) is 1. The second-order valence-corrected chi connectivity index (χ2v) is 8.91. The van der Waals surface area contributed by atoms with Crippen molar-refractivity contribution in [3.63, 3.8) is 0 Å². The van der Waals surface area contributed by atoms with Crippen molar-refractivity contribution in [3.8, 4) is 0 Å². The first-order valence-corrected chi connectivity index (χ1v) is 10.8. The molecule has 1 amide bonds. The van der Waals surface area contributed by atoms with Gasteiger partial charge in [0.15, 0.2) is 0 Å². The number of halogens is 1. The third-order valence-electron chi connectivity index (χ3n) is 4.40. The number of anilines is 2. The van der Waals surface area contributed by atoms with Crippen molar-refractivity contribution < 1.29 is 13.2 Å². The lowest BCUT2D eigenvalue weighted by atomic mass is 10.1. The van der Waals surface area contributed by atoms with Crippen LogP contribution in [0.3, 0.4) is 0 Å². The van der Waals surface area contributed by atoms with Crippen molar-refractivity contribution in [2.45, 2.75) is 18.7 Å². The number of hydrogen-bond donors (Lipinski definition) is 1. The van der Waals surface area contributed by atoms with Gasteiger partial charge < -0.3 is 5.32 Å². The van der Waals surface area contributed by atoms with Crippen LogP contribution in [-0.4, -0.2) is 20.9 Å². The molecule has 29 heavy (non-hydrogen) atoms. The number of nitrogens with one attached hydrogen (secondary N) is 1. The fourth-order valence-corrected chi connectivity index (χ4v) is 4.70.